The minimum atomic E-state index is -0.909. The van der Waals surface area contributed by atoms with Gasteiger partial charge in [-0.2, -0.15) is 0 Å². The van der Waals surface area contributed by atoms with E-state index in [9.17, 15) is 14.4 Å². The zero-order chi connectivity index (χ0) is 15.7. The first kappa shape index (κ1) is 18.1. The van der Waals surface area contributed by atoms with E-state index in [2.05, 4.69) is 10.6 Å². The largest absolute Gasteiger partial charge is 0.436 e. The molecule has 0 fully saturated rings. The van der Waals surface area contributed by atoms with Gasteiger partial charge in [0.05, 0.1) is 0 Å². The molecule has 0 aliphatic carbocycles. The summed E-state index contributed by atoms with van der Waals surface area (Å²) in [5.41, 5.74) is 0.749. The number of rotatable bonds is 7. The van der Waals surface area contributed by atoms with Crippen LogP contribution in [0, 0.1) is 0 Å². The maximum Gasteiger partial charge on any atom is 0.407 e. The van der Waals surface area contributed by atoms with E-state index in [1.807, 2.05) is 0 Å². The van der Waals surface area contributed by atoms with Gasteiger partial charge in [-0.3, -0.25) is 9.59 Å². The van der Waals surface area contributed by atoms with E-state index in [-0.39, 0.29) is 5.78 Å². The van der Waals surface area contributed by atoms with Crippen molar-refractivity contribution in [2.75, 3.05) is 6.54 Å². The number of nitrogens with one attached hydrogen (secondary N) is 2. The van der Waals surface area contributed by atoms with Crippen molar-refractivity contribution in [3.05, 3.63) is 11.6 Å². The normalized spacial score (nSPS) is 14.2. The van der Waals surface area contributed by atoms with Gasteiger partial charge in [-0.15, -0.1) is 0 Å². The fourth-order valence-electron chi connectivity index (χ4n) is 1.58. The zero-order valence-electron chi connectivity index (χ0n) is 12.8. The fraction of sp³-hybridized carbons (Fsp3) is 0.643. The first-order chi connectivity index (χ1) is 9.37. The van der Waals surface area contributed by atoms with Crippen LogP contribution in [0.2, 0.25) is 0 Å². The molecule has 0 saturated heterocycles. The molecule has 0 aromatic carbocycles. The van der Waals surface area contributed by atoms with E-state index in [0.717, 1.165) is 5.57 Å². The van der Waals surface area contributed by atoms with E-state index >= 15 is 0 Å². The van der Waals surface area contributed by atoms with Gasteiger partial charge in [0, 0.05) is 6.54 Å². The maximum atomic E-state index is 12.1. The number of ether oxygens (including phenoxy) is 1. The number of carbonyl (C=O) groups is 3. The van der Waals surface area contributed by atoms with Crippen molar-refractivity contribution in [3.63, 3.8) is 0 Å². The molecule has 0 heterocycles. The predicted molar refractivity (Wildman–Crippen MR) is 76.3 cm³/mol. The number of amides is 2. The highest BCUT2D eigenvalue weighted by Gasteiger charge is 2.25. The lowest BCUT2D eigenvalue weighted by Crippen LogP contribution is -2.47. The Labute approximate surface area is 119 Å². The molecule has 0 aliphatic heterocycles. The Morgan fingerprint density at radius 1 is 1.20 bits per heavy atom. The molecule has 2 atom stereocenters. The van der Waals surface area contributed by atoms with E-state index < -0.39 is 24.1 Å². The molecular weight excluding hydrogens is 260 g/mol. The minimum absolute atomic E-state index is 0.165. The van der Waals surface area contributed by atoms with Crippen LogP contribution < -0.4 is 10.6 Å². The number of hydrogen-bond donors (Lipinski definition) is 2. The molecule has 20 heavy (non-hydrogen) atoms. The third-order valence-corrected chi connectivity index (χ3v) is 2.84. The van der Waals surface area contributed by atoms with E-state index in [1.165, 1.54) is 6.92 Å². The summed E-state index contributed by atoms with van der Waals surface area (Å²) < 4.78 is 5.00. The van der Waals surface area contributed by atoms with Crippen molar-refractivity contribution in [1.29, 1.82) is 0 Å². The van der Waals surface area contributed by atoms with Crippen LogP contribution in [0.4, 0.5) is 4.79 Å². The van der Waals surface area contributed by atoms with Crippen LogP contribution >= 0.6 is 0 Å². The third kappa shape index (κ3) is 5.86. The average molecular weight is 284 g/mol. The predicted octanol–water partition coefficient (Wildman–Crippen LogP) is 1.55. The number of alkyl carbamates (subject to hydrolysis) is 1. The molecule has 0 aromatic heterocycles. The van der Waals surface area contributed by atoms with Gasteiger partial charge in [0.1, 0.15) is 6.04 Å². The molecule has 6 heteroatoms. The van der Waals surface area contributed by atoms with E-state index in [1.54, 1.807) is 33.8 Å². The van der Waals surface area contributed by atoms with Gasteiger partial charge in [0.2, 0.25) is 0 Å². The van der Waals surface area contributed by atoms with Crippen molar-refractivity contribution in [2.24, 2.45) is 0 Å². The van der Waals surface area contributed by atoms with Crippen LogP contribution in [0.15, 0.2) is 11.6 Å². The van der Waals surface area contributed by atoms with Crippen molar-refractivity contribution in [1.82, 2.24) is 10.6 Å². The molecule has 2 amide bonds. The van der Waals surface area contributed by atoms with Crippen molar-refractivity contribution in [3.8, 4) is 0 Å². The lowest BCUT2D eigenvalue weighted by atomic mass is 10.0. The molecule has 0 aromatic rings. The molecular formula is C14H24N2O4. The maximum absolute atomic E-state index is 12.1. The van der Waals surface area contributed by atoms with Gasteiger partial charge in [0.25, 0.3) is 5.91 Å². The number of carbonyl (C=O) groups excluding carboxylic acids is 3. The summed E-state index contributed by atoms with van der Waals surface area (Å²) in [4.78, 5) is 34.9. The Morgan fingerprint density at radius 3 is 2.20 bits per heavy atom. The van der Waals surface area contributed by atoms with E-state index in [0.29, 0.717) is 13.0 Å². The quantitative estimate of drug-likeness (QED) is 0.695. The number of ketones is 1. The molecule has 0 bridgehead atoms. The topological polar surface area (TPSA) is 84.5 Å². The molecule has 0 spiro atoms. The first-order valence-electron chi connectivity index (χ1n) is 6.75. The second-order valence-electron chi connectivity index (χ2n) is 4.42. The highest BCUT2D eigenvalue weighted by atomic mass is 16.6. The second-order valence-corrected chi connectivity index (χ2v) is 4.42. The second kappa shape index (κ2) is 9.12. The van der Waals surface area contributed by atoms with E-state index in [4.69, 9.17) is 4.74 Å². The van der Waals surface area contributed by atoms with Gasteiger partial charge in [0.15, 0.2) is 11.9 Å². The van der Waals surface area contributed by atoms with Crippen molar-refractivity contribution in [2.45, 2.75) is 53.2 Å². The summed E-state index contributed by atoms with van der Waals surface area (Å²) in [5, 5.41) is 5.06. The summed E-state index contributed by atoms with van der Waals surface area (Å²) in [7, 11) is 0. The molecule has 0 aliphatic rings. The van der Waals surface area contributed by atoms with Crippen LogP contribution in [0.1, 0.15) is 41.0 Å². The molecule has 0 saturated carbocycles. The first-order valence-corrected chi connectivity index (χ1v) is 6.75. The zero-order valence-corrected chi connectivity index (χ0v) is 12.8. The summed E-state index contributed by atoms with van der Waals surface area (Å²) in [5.74, 6) is -0.637. The number of Topliss-reactive ketones (excluding diaryl/α,β-unsaturated/α-hetero) is 1. The van der Waals surface area contributed by atoms with Gasteiger partial charge in [-0.25, -0.2) is 4.79 Å². The van der Waals surface area contributed by atoms with Gasteiger partial charge in [-0.1, -0.05) is 13.0 Å². The van der Waals surface area contributed by atoms with Gasteiger partial charge < -0.3 is 15.4 Å². The molecule has 0 rings (SSSR count). The molecule has 2 N–H and O–H groups in total. The third-order valence-electron chi connectivity index (χ3n) is 2.84. The lowest BCUT2D eigenvalue weighted by Gasteiger charge is -2.21. The SMILES string of the molecule is C/C=C(/C)C(NC(=O)C(CC)OC(=O)NCC)C(C)=O. The Bertz CT molecular complexity index is 391. The Hall–Kier alpha value is -1.85. The van der Waals surface area contributed by atoms with Crippen molar-refractivity contribution >= 4 is 17.8 Å². The van der Waals surface area contributed by atoms with Gasteiger partial charge >= 0.3 is 6.09 Å². The van der Waals surface area contributed by atoms with Gasteiger partial charge in [-0.05, 0) is 39.7 Å². The highest BCUT2D eigenvalue weighted by Crippen LogP contribution is 2.06. The standard InChI is InChI=1S/C14H24N2O4/c1-6-9(4)12(10(5)17)16-13(18)11(7-2)20-14(19)15-8-3/h6,11-12H,7-8H2,1-5H3,(H,15,19)(H,16,18)/b9-6-. The summed E-state index contributed by atoms with van der Waals surface area (Å²) >= 11 is 0. The number of hydrogen-bond acceptors (Lipinski definition) is 4. The number of allylic oxidation sites excluding steroid dienone is 1. The highest BCUT2D eigenvalue weighted by molar-refractivity contribution is 5.92. The van der Waals surface area contributed by atoms with Crippen LogP contribution in [-0.4, -0.2) is 36.5 Å². The monoisotopic (exact) mass is 284 g/mol. The smallest absolute Gasteiger partial charge is 0.407 e. The van der Waals surface area contributed by atoms with Crippen LogP contribution in [-0.2, 0) is 14.3 Å². The Balaban J connectivity index is 4.76. The Morgan fingerprint density at radius 2 is 1.80 bits per heavy atom. The summed E-state index contributed by atoms with van der Waals surface area (Å²) in [6.07, 6.45) is 0.546. The Kier molecular flexibility index (Phi) is 8.27. The van der Waals surface area contributed by atoms with Crippen molar-refractivity contribution < 1.29 is 19.1 Å². The summed E-state index contributed by atoms with van der Waals surface area (Å²) in [6.45, 7) is 8.87. The molecule has 114 valence electrons. The summed E-state index contributed by atoms with van der Waals surface area (Å²) in [6, 6.07) is -0.681. The minimum Gasteiger partial charge on any atom is -0.436 e. The molecule has 2 unspecified atom stereocenters. The average Bonchev–Trinajstić information content (AvgIpc) is 2.40. The van der Waals surface area contributed by atoms with Crippen LogP contribution in [0.25, 0.3) is 0 Å². The van der Waals surface area contributed by atoms with Crippen LogP contribution in [0.3, 0.4) is 0 Å². The molecule has 0 radical (unpaired) electrons. The molecule has 6 nitrogen and oxygen atoms in total. The lowest BCUT2D eigenvalue weighted by molar-refractivity contribution is -0.132. The van der Waals surface area contributed by atoms with Crippen LogP contribution in [0.5, 0.6) is 0 Å². The fourth-order valence-corrected chi connectivity index (χ4v) is 1.58.